The molecule has 8 rings (SSSR count). The Bertz CT molecular complexity index is 2390. The number of nitro groups is 1. The van der Waals surface area contributed by atoms with Gasteiger partial charge in [-0.3, -0.25) is 19.5 Å². The number of thiazole rings is 1. The molecular formula is C38H27N3O4S. The van der Waals surface area contributed by atoms with E-state index in [2.05, 4.69) is 12.1 Å². The summed E-state index contributed by atoms with van der Waals surface area (Å²) >= 11 is 1.33. The Kier molecular flexibility index (Phi) is 6.92. The Balaban J connectivity index is 1.34. The van der Waals surface area contributed by atoms with Gasteiger partial charge in [-0.15, -0.1) is 0 Å². The van der Waals surface area contributed by atoms with Crippen LogP contribution in [0.25, 0.3) is 22.5 Å². The van der Waals surface area contributed by atoms with Crippen molar-refractivity contribution in [3.8, 4) is 5.75 Å². The van der Waals surface area contributed by atoms with Gasteiger partial charge in [-0.1, -0.05) is 108 Å². The summed E-state index contributed by atoms with van der Waals surface area (Å²) in [6.07, 6.45) is 3.42. The van der Waals surface area contributed by atoms with Crippen molar-refractivity contribution >= 4 is 39.6 Å². The summed E-state index contributed by atoms with van der Waals surface area (Å²) in [5.41, 5.74) is 6.46. The maximum Gasteiger partial charge on any atom is 0.271 e. The minimum Gasteiger partial charge on any atom is -0.488 e. The van der Waals surface area contributed by atoms with Gasteiger partial charge in [-0.2, -0.15) is 0 Å². The molecule has 224 valence electrons. The molecule has 2 aliphatic rings. The van der Waals surface area contributed by atoms with Crippen molar-refractivity contribution in [2.45, 2.75) is 25.5 Å². The Labute approximate surface area is 267 Å². The molecule has 5 aromatic carbocycles. The van der Waals surface area contributed by atoms with E-state index >= 15 is 0 Å². The van der Waals surface area contributed by atoms with Crippen LogP contribution in [0.15, 0.2) is 131 Å². The summed E-state index contributed by atoms with van der Waals surface area (Å²) in [7, 11) is 0. The second kappa shape index (κ2) is 11.4. The van der Waals surface area contributed by atoms with E-state index in [1.165, 1.54) is 23.0 Å². The van der Waals surface area contributed by atoms with Crippen LogP contribution in [0.4, 0.5) is 5.69 Å². The molecule has 1 aliphatic carbocycles. The van der Waals surface area contributed by atoms with Gasteiger partial charge in [0.1, 0.15) is 12.4 Å². The largest absolute Gasteiger partial charge is 0.488 e. The molecule has 46 heavy (non-hydrogen) atoms. The zero-order valence-corrected chi connectivity index (χ0v) is 25.4. The predicted molar refractivity (Wildman–Crippen MR) is 181 cm³/mol. The first kappa shape index (κ1) is 27.9. The summed E-state index contributed by atoms with van der Waals surface area (Å²) in [5.74, 6) is 0.678. The van der Waals surface area contributed by atoms with Gasteiger partial charge < -0.3 is 4.74 Å². The average molecular weight is 622 g/mol. The summed E-state index contributed by atoms with van der Waals surface area (Å²) in [6, 6.07) is 36.3. The predicted octanol–water partition coefficient (Wildman–Crippen LogP) is 6.96. The zero-order valence-electron chi connectivity index (χ0n) is 24.6. The van der Waals surface area contributed by atoms with Crippen LogP contribution < -0.4 is 19.6 Å². The number of ether oxygens (including phenoxy) is 1. The first-order valence-electron chi connectivity index (χ1n) is 15.1. The van der Waals surface area contributed by atoms with Crippen LogP contribution in [0.3, 0.4) is 0 Å². The minimum absolute atomic E-state index is 0.00838. The SMILES string of the molecule is O=c1/c(=C\c2c(OCc3ccccc3)ccc3ccccc23)sc2n1[C@@H](c1cccc([N+](=O)[O-])c1)C1=C(N=2)c2ccccc2CC1. The molecule has 0 radical (unpaired) electrons. The number of aryl methyl sites for hydroxylation is 1. The van der Waals surface area contributed by atoms with Crippen molar-refractivity contribution in [2.75, 3.05) is 0 Å². The number of fused-ring (bicyclic) bond motifs is 4. The van der Waals surface area contributed by atoms with Crippen LogP contribution in [0.5, 0.6) is 5.75 Å². The maximum absolute atomic E-state index is 14.5. The van der Waals surface area contributed by atoms with Gasteiger partial charge in [-0.25, -0.2) is 4.99 Å². The number of allylic oxidation sites excluding steroid dienone is 1. The topological polar surface area (TPSA) is 86.7 Å². The van der Waals surface area contributed by atoms with Crippen molar-refractivity contribution in [1.82, 2.24) is 4.57 Å². The summed E-state index contributed by atoms with van der Waals surface area (Å²) < 4.78 is 8.59. The molecule has 1 atom stereocenters. The van der Waals surface area contributed by atoms with Gasteiger partial charge in [0.2, 0.25) is 0 Å². The minimum atomic E-state index is -0.511. The summed E-state index contributed by atoms with van der Waals surface area (Å²) in [5, 5.41) is 13.8. The lowest BCUT2D eigenvalue weighted by molar-refractivity contribution is -0.384. The highest BCUT2D eigenvalue weighted by atomic mass is 32.1. The van der Waals surface area contributed by atoms with Gasteiger partial charge in [0.25, 0.3) is 11.2 Å². The molecule has 1 aromatic heterocycles. The normalized spacial score (nSPS) is 15.6. The van der Waals surface area contributed by atoms with E-state index in [4.69, 9.17) is 9.73 Å². The van der Waals surface area contributed by atoms with Gasteiger partial charge in [0, 0.05) is 23.3 Å². The van der Waals surface area contributed by atoms with Crippen molar-refractivity contribution in [3.63, 3.8) is 0 Å². The van der Waals surface area contributed by atoms with Crippen LogP contribution >= 0.6 is 11.3 Å². The molecule has 0 fully saturated rings. The quantitative estimate of drug-likeness (QED) is 0.149. The Morgan fingerprint density at radius 2 is 1.72 bits per heavy atom. The number of nitro benzene ring substituents is 1. The lowest BCUT2D eigenvalue weighted by atomic mass is 9.83. The summed E-state index contributed by atoms with van der Waals surface area (Å²) in [6.45, 7) is 0.389. The van der Waals surface area contributed by atoms with E-state index in [1.54, 1.807) is 16.7 Å². The fraction of sp³-hybridized carbons (Fsp3) is 0.105. The fourth-order valence-electron chi connectivity index (χ4n) is 6.55. The molecule has 7 nitrogen and oxygen atoms in total. The monoisotopic (exact) mass is 621 g/mol. The maximum atomic E-state index is 14.5. The molecular weight excluding hydrogens is 595 g/mol. The molecule has 0 saturated heterocycles. The lowest BCUT2D eigenvalue weighted by Gasteiger charge is -2.30. The number of non-ortho nitro benzene ring substituents is 1. The first-order valence-corrected chi connectivity index (χ1v) is 15.9. The number of benzene rings is 5. The summed E-state index contributed by atoms with van der Waals surface area (Å²) in [4.78, 5) is 31.5. The van der Waals surface area contributed by atoms with Crippen LogP contribution in [-0.2, 0) is 13.0 Å². The van der Waals surface area contributed by atoms with Crippen molar-refractivity contribution in [3.05, 3.63) is 178 Å². The molecule has 0 unspecified atom stereocenters. The molecule has 0 N–H and O–H groups in total. The second-order valence-corrected chi connectivity index (χ2v) is 12.4. The second-order valence-electron chi connectivity index (χ2n) is 11.4. The van der Waals surface area contributed by atoms with Gasteiger partial charge in [-0.05, 0) is 58.0 Å². The Morgan fingerprint density at radius 3 is 2.59 bits per heavy atom. The molecule has 2 heterocycles. The lowest BCUT2D eigenvalue weighted by Crippen LogP contribution is -2.38. The third-order valence-electron chi connectivity index (χ3n) is 8.71. The molecule has 6 aromatic rings. The number of rotatable bonds is 6. The van der Waals surface area contributed by atoms with E-state index < -0.39 is 11.0 Å². The Hall–Kier alpha value is -5.60. The first-order chi connectivity index (χ1) is 22.5. The number of hydrogen-bond acceptors (Lipinski definition) is 6. The standard InChI is InChI=1S/C38H27N3O4S/c42-37-34(22-32-29-15-6-4-11-25(29)18-20-33(32)45-23-24-9-2-1-3-10-24)46-38-39-35-30-16-7-5-12-26(30)17-19-31(35)36(40(37)38)27-13-8-14-28(21-27)41(43)44/h1-16,18,20-22,36H,17,19,23H2/b34-22+/t36-/m0/s1. The van der Waals surface area contributed by atoms with E-state index in [-0.39, 0.29) is 11.2 Å². The number of aromatic nitrogens is 1. The van der Waals surface area contributed by atoms with Crippen LogP contribution in [0.2, 0.25) is 0 Å². The molecule has 0 saturated carbocycles. The van der Waals surface area contributed by atoms with Crippen LogP contribution in [0.1, 0.15) is 40.3 Å². The molecule has 0 amide bonds. The highest BCUT2D eigenvalue weighted by molar-refractivity contribution is 7.07. The molecule has 1 aliphatic heterocycles. The zero-order chi connectivity index (χ0) is 31.2. The molecule has 0 bridgehead atoms. The van der Waals surface area contributed by atoms with Gasteiger partial charge >= 0.3 is 0 Å². The van der Waals surface area contributed by atoms with E-state index in [9.17, 15) is 14.9 Å². The smallest absolute Gasteiger partial charge is 0.271 e. The third-order valence-corrected chi connectivity index (χ3v) is 9.70. The van der Waals surface area contributed by atoms with Crippen LogP contribution in [0, 0.1) is 10.1 Å². The van der Waals surface area contributed by atoms with Gasteiger partial charge in [0.05, 0.1) is 21.2 Å². The Morgan fingerprint density at radius 1 is 0.913 bits per heavy atom. The third kappa shape index (κ3) is 4.83. The number of nitrogens with zero attached hydrogens (tertiary/aromatic N) is 3. The van der Waals surface area contributed by atoms with Crippen LogP contribution in [-0.4, -0.2) is 9.49 Å². The van der Waals surface area contributed by atoms with E-state index in [0.29, 0.717) is 33.7 Å². The van der Waals surface area contributed by atoms with Gasteiger partial charge in [0.15, 0.2) is 4.80 Å². The van der Waals surface area contributed by atoms with Crippen molar-refractivity contribution < 1.29 is 9.66 Å². The highest BCUT2D eigenvalue weighted by Crippen LogP contribution is 2.41. The van der Waals surface area contributed by atoms with Crippen molar-refractivity contribution in [1.29, 1.82) is 0 Å². The fourth-order valence-corrected chi connectivity index (χ4v) is 7.53. The highest BCUT2D eigenvalue weighted by Gasteiger charge is 2.33. The van der Waals surface area contributed by atoms with E-state index in [0.717, 1.165) is 45.2 Å². The average Bonchev–Trinajstić information content (AvgIpc) is 3.41. The van der Waals surface area contributed by atoms with E-state index in [1.807, 2.05) is 91.0 Å². The van der Waals surface area contributed by atoms with Crippen molar-refractivity contribution in [2.24, 2.45) is 4.99 Å². The molecule has 8 heteroatoms. The number of hydrogen-bond donors (Lipinski definition) is 0. The molecule has 0 spiro atoms.